The van der Waals surface area contributed by atoms with Crippen LogP contribution < -0.4 is 16.0 Å². The highest BCUT2D eigenvalue weighted by molar-refractivity contribution is 5.81. The van der Waals surface area contributed by atoms with Crippen molar-refractivity contribution < 1.29 is 13.6 Å². The summed E-state index contributed by atoms with van der Waals surface area (Å²) in [5.74, 6) is -0.464. The monoisotopic (exact) mass is 379 g/mol. The van der Waals surface area contributed by atoms with Gasteiger partial charge in [0.15, 0.2) is 5.96 Å². The van der Waals surface area contributed by atoms with E-state index < -0.39 is 11.6 Å². The first-order valence-electron chi connectivity index (χ1n) is 9.38. The Balaban J connectivity index is 1.47. The standard InChI is InChI=1S/C19H27F2N5O/c1-22-17(27)11-26-8-6-12(7-9-26)24-19(23-2)25-16-10-13(16)18-14(20)4-3-5-15(18)21/h3-5,12-13,16H,6-11H2,1-2H3,(H,22,27)(H2,23,24,25). The summed E-state index contributed by atoms with van der Waals surface area (Å²) in [6.45, 7) is 2.11. The van der Waals surface area contributed by atoms with Crippen LogP contribution in [0.5, 0.6) is 0 Å². The van der Waals surface area contributed by atoms with Crippen molar-refractivity contribution in [2.45, 2.75) is 37.3 Å². The molecule has 3 rings (SSSR count). The van der Waals surface area contributed by atoms with Crippen molar-refractivity contribution in [1.29, 1.82) is 0 Å². The molecule has 2 aliphatic rings. The Hall–Kier alpha value is -2.22. The van der Waals surface area contributed by atoms with E-state index in [1.807, 2.05) is 0 Å². The predicted molar refractivity (Wildman–Crippen MR) is 101 cm³/mol. The first-order chi connectivity index (χ1) is 13.0. The molecule has 148 valence electrons. The van der Waals surface area contributed by atoms with Gasteiger partial charge in [-0.05, 0) is 31.4 Å². The number of hydrogen-bond acceptors (Lipinski definition) is 3. The first kappa shape index (κ1) is 19.5. The third-order valence-corrected chi connectivity index (χ3v) is 5.28. The average molecular weight is 379 g/mol. The van der Waals surface area contributed by atoms with E-state index in [9.17, 15) is 13.6 Å². The lowest BCUT2D eigenvalue weighted by Gasteiger charge is -2.32. The van der Waals surface area contributed by atoms with Gasteiger partial charge in [0.2, 0.25) is 5.91 Å². The van der Waals surface area contributed by atoms with Crippen LogP contribution in [0.4, 0.5) is 8.78 Å². The number of piperidine rings is 1. The first-order valence-corrected chi connectivity index (χ1v) is 9.38. The Morgan fingerprint density at radius 2 is 1.89 bits per heavy atom. The van der Waals surface area contributed by atoms with Gasteiger partial charge in [-0.15, -0.1) is 0 Å². The molecule has 2 unspecified atom stereocenters. The zero-order chi connectivity index (χ0) is 19.4. The number of benzene rings is 1. The fraction of sp³-hybridized carbons (Fsp3) is 0.579. The van der Waals surface area contributed by atoms with Crippen LogP contribution in [0.3, 0.4) is 0 Å². The Morgan fingerprint density at radius 3 is 2.48 bits per heavy atom. The lowest BCUT2D eigenvalue weighted by Crippen LogP contribution is -2.50. The molecule has 1 saturated heterocycles. The van der Waals surface area contributed by atoms with Gasteiger partial charge >= 0.3 is 0 Å². The van der Waals surface area contributed by atoms with Crippen molar-refractivity contribution in [2.75, 3.05) is 33.7 Å². The van der Waals surface area contributed by atoms with E-state index in [0.717, 1.165) is 25.9 Å². The van der Waals surface area contributed by atoms with Gasteiger partial charge in [-0.25, -0.2) is 8.78 Å². The van der Waals surface area contributed by atoms with Gasteiger partial charge in [0.25, 0.3) is 0 Å². The van der Waals surface area contributed by atoms with E-state index in [-0.39, 0.29) is 29.5 Å². The number of carbonyl (C=O) groups is 1. The summed E-state index contributed by atoms with van der Waals surface area (Å²) in [5.41, 5.74) is 0.160. The van der Waals surface area contributed by atoms with Crippen LogP contribution in [0.1, 0.15) is 30.7 Å². The van der Waals surface area contributed by atoms with Crippen LogP contribution in [0.15, 0.2) is 23.2 Å². The van der Waals surface area contributed by atoms with Crippen LogP contribution in [-0.2, 0) is 4.79 Å². The largest absolute Gasteiger partial charge is 0.358 e. The normalized spacial score (nSPS) is 23.8. The summed E-state index contributed by atoms with van der Waals surface area (Å²) in [7, 11) is 3.34. The van der Waals surface area contributed by atoms with Crippen molar-refractivity contribution in [1.82, 2.24) is 20.9 Å². The molecule has 27 heavy (non-hydrogen) atoms. The van der Waals surface area contributed by atoms with Gasteiger partial charge in [0, 0.05) is 50.7 Å². The Labute approximate surface area is 158 Å². The lowest BCUT2D eigenvalue weighted by molar-refractivity contribution is -0.122. The highest BCUT2D eigenvalue weighted by Crippen LogP contribution is 2.43. The molecule has 0 aromatic heterocycles. The maximum absolute atomic E-state index is 13.9. The number of nitrogens with zero attached hydrogens (tertiary/aromatic N) is 2. The van der Waals surface area contributed by atoms with Gasteiger partial charge in [-0.3, -0.25) is 14.7 Å². The molecule has 1 aliphatic heterocycles. The predicted octanol–water partition coefficient (Wildman–Crippen LogP) is 1.20. The molecule has 0 spiro atoms. The number of carbonyl (C=O) groups excluding carboxylic acids is 1. The second-order valence-electron chi connectivity index (χ2n) is 7.17. The molecule has 2 fully saturated rings. The van der Waals surface area contributed by atoms with Crippen molar-refractivity contribution in [3.63, 3.8) is 0 Å². The molecule has 1 heterocycles. The van der Waals surface area contributed by atoms with Gasteiger partial charge in [-0.1, -0.05) is 6.07 Å². The minimum absolute atomic E-state index is 0.0176. The number of guanidine groups is 1. The van der Waals surface area contributed by atoms with E-state index in [2.05, 4.69) is 25.8 Å². The third kappa shape index (κ3) is 4.94. The molecule has 0 bridgehead atoms. The van der Waals surface area contributed by atoms with Crippen LogP contribution >= 0.6 is 0 Å². The van der Waals surface area contributed by atoms with Crippen LogP contribution in [-0.4, -0.2) is 62.6 Å². The highest BCUT2D eigenvalue weighted by Gasteiger charge is 2.42. The van der Waals surface area contributed by atoms with Gasteiger partial charge in [-0.2, -0.15) is 0 Å². The fourth-order valence-electron chi connectivity index (χ4n) is 3.60. The van der Waals surface area contributed by atoms with Crippen LogP contribution in [0.25, 0.3) is 0 Å². The zero-order valence-corrected chi connectivity index (χ0v) is 15.8. The minimum atomic E-state index is -0.490. The van der Waals surface area contributed by atoms with Crippen molar-refractivity contribution in [2.24, 2.45) is 4.99 Å². The summed E-state index contributed by atoms with van der Waals surface area (Å²) in [6, 6.07) is 4.23. The topological polar surface area (TPSA) is 68.8 Å². The number of nitrogens with one attached hydrogen (secondary N) is 3. The molecule has 1 aliphatic carbocycles. The van der Waals surface area contributed by atoms with E-state index in [1.165, 1.54) is 18.2 Å². The van der Waals surface area contributed by atoms with Crippen LogP contribution in [0.2, 0.25) is 0 Å². The highest BCUT2D eigenvalue weighted by atomic mass is 19.1. The minimum Gasteiger partial charge on any atom is -0.358 e. The Morgan fingerprint density at radius 1 is 1.22 bits per heavy atom. The molecule has 0 radical (unpaired) electrons. The Bertz CT molecular complexity index is 683. The maximum Gasteiger partial charge on any atom is 0.233 e. The number of likely N-dealkylation sites (tertiary alicyclic amines) is 1. The van der Waals surface area contributed by atoms with Gasteiger partial charge in [0.05, 0.1) is 6.54 Å². The smallest absolute Gasteiger partial charge is 0.233 e. The zero-order valence-electron chi connectivity index (χ0n) is 15.8. The summed E-state index contributed by atoms with van der Waals surface area (Å²) < 4.78 is 27.8. The van der Waals surface area contributed by atoms with E-state index in [0.29, 0.717) is 18.9 Å². The van der Waals surface area contributed by atoms with Crippen LogP contribution in [0, 0.1) is 11.6 Å². The lowest BCUT2D eigenvalue weighted by atomic mass is 10.1. The number of amides is 1. The SMILES string of the molecule is CN=C(NC1CCN(CC(=O)NC)CC1)NC1CC1c1c(F)cccc1F. The second-order valence-corrected chi connectivity index (χ2v) is 7.17. The number of likely N-dealkylation sites (N-methyl/N-ethyl adjacent to an activating group) is 1. The molecule has 1 amide bonds. The molecule has 6 nitrogen and oxygen atoms in total. The van der Waals surface area contributed by atoms with Crippen molar-refractivity contribution >= 4 is 11.9 Å². The van der Waals surface area contributed by atoms with Gasteiger partial charge in [0.1, 0.15) is 11.6 Å². The molecular formula is C19H27F2N5O. The molecule has 1 aromatic carbocycles. The summed E-state index contributed by atoms with van der Waals surface area (Å²) in [5, 5.41) is 9.30. The van der Waals surface area contributed by atoms with E-state index in [4.69, 9.17) is 0 Å². The number of halogens is 2. The average Bonchev–Trinajstić information content (AvgIpc) is 3.41. The summed E-state index contributed by atoms with van der Waals surface area (Å²) in [4.78, 5) is 17.8. The van der Waals surface area contributed by atoms with Crippen molar-refractivity contribution in [3.8, 4) is 0 Å². The molecule has 3 N–H and O–H groups in total. The van der Waals surface area contributed by atoms with E-state index in [1.54, 1.807) is 14.1 Å². The van der Waals surface area contributed by atoms with Crippen molar-refractivity contribution in [3.05, 3.63) is 35.4 Å². The van der Waals surface area contributed by atoms with Gasteiger partial charge < -0.3 is 16.0 Å². The second kappa shape index (κ2) is 8.65. The Kier molecular flexibility index (Phi) is 6.26. The number of hydrogen-bond donors (Lipinski definition) is 3. The summed E-state index contributed by atoms with van der Waals surface area (Å²) >= 11 is 0. The molecule has 1 saturated carbocycles. The summed E-state index contributed by atoms with van der Waals surface area (Å²) in [6.07, 6.45) is 2.50. The maximum atomic E-state index is 13.9. The molecule has 1 aromatic rings. The van der Waals surface area contributed by atoms with E-state index >= 15 is 0 Å². The molecule has 8 heteroatoms. The number of aliphatic imine (C=N–C) groups is 1. The third-order valence-electron chi connectivity index (χ3n) is 5.28. The molecule has 2 atom stereocenters. The quantitative estimate of drug-likeness (QED) is 0.531. The number of rotatable bonds is 5. The fourth-order valence-corrected chi connectivity index (χ4v) is 3.60. The molecular weight excluding hydrogens is 352 g/mol.